The second-order valence-corrected chi connectivity index (χ2v) is 4.34. The number of nitro groups is 1. The van der Waals surface area contributed by atoms with E-state index in [1.54, 1.807) is 24.5 Å². The van der Waals surface area contributed by atoms with Crippen LogP contribution in [0.2, 0.25) is 0 Å². The summed E-state index contributed by atoms with van der Waals surface area (Å²) in [6.07, 6.45) is 3.24. The molecular weight excluding hydrogens is 243 g/mol. The van der Waals surface area contributed by atoms with Crippen LogP contribution in [0.25, 0.3) is 0 Å². The topological polar surface area (TPSA) is 56.0 Å². The fourth-order valence-electron chi connectivity index (χ4n) is 1.26. The lowest BCUT2D eigenvalue weighted by atomic mass is 10.3. The van der Waals surface area contributed by atoms with Crippen LogP contribution >= 0.6 is 11.8 Å². The highest BCUT2D eigenvalue weighted by Gasteiger charge is 2.10. The molecule has 17 heavy (non-hydrogen) atoms. The van der Waals surface area contributed by atoms with Gasteiger partial charge in [-0.3, -0.25) is 15.1 Å². The molecule has 0 unspecified atom stereocenters. The highest BCUT2D eigenvalue weighted by molar-refractivity contribution is 7.99. The normalized spacial score (nSPS) is 10.2. The van der Waals surface area contributed by atoms with Gasteiger partial charge < -0.3 is 0 Å². The molecule has 0 radical (unpaired) electrons. The third-order valence-electron chi connectivity index (χ3n) is 1.94. The summed E-state index contributed by atoms with van der Waals surface area (Å²) in [4.78, 5) is 15.1. The van der Waals surface area contributed by atoms with Crippen LogP contribution < -0.4 is 0 Å². The molecule has 86 valence electrons. The van der Waals surface area contributed by atoms with E-state index in [0.717, 1.165) is 11.0 Å². The molecule has 0 bridgehead atoms. The van der Waals surface area contributed by atoms with E-state index >= 15 is 0 Å². The highest BCUT2D eigenvalue weighted by Crippen LogP contribution is 2.30. The first kappa shape index (κ1) is 11.5. The van der Waals surface area contributed by atoms with Crippen LogP contribution in [0.5, 0.6) is 0 Å². The van der Waals surface area contributed by atoms with E-state index < -0.39 is 10.7 Å². The predicted octanol–water partition coefficient (Wildman–Crippen LogP) is 3.28. The molecule has 4 nitrogen and oxygen atoms in total. The average molecular weight is 250 g/mol. The van der Waals surface area contributed by atoms with Crippen molar-refractivity contribution in [1.29, 1.82) is 0 Å². The van der Waals surface area contributed by atoms with Gasteiger partial charge in [-0.2, -0.15) is 0 Å². The van der Waals surface area contributed by atoms with Gasteiger partial charge in [0.15, 0.2) is 0 Å². The Hall–Kier alpha value is -1.95. The molecule has 0 aliphatic rings. The van der Waals surface area contributed by atoms with Crippen molar-refractivity contribution in [3.8, 4) is 0 Å². The number of aromatic nitrogens is 1. The number of benzene rings is 1. The Kier molecular flexibility index (Phi) is 3.34. The van der Waals surface area contributed by atoms with Crippen LogP contribution in [0.15, 0.2) is 52.5 Å². The van der Waals surface area contributed by atoms with Gasteiger partial charge in [-0.15, -0.1) is 0 Å². The summed E-state index contributed by atoms with van der Waals surface area (Å²) in [7, 11) is 0. The van der Waals surface area contributed by atoms with Crippen LogP contribution in [0.3, 0.4) is 0 Å². The van der Waals surface area contributed by atoms with Gasteiger partial charge in [0.2, 0.25) is 0 Å². The number of nitro benzene ring substituents is 1. The molecule has 1 heterocycles. The molecule has 0 saturated carbocycles. The van der Waals surface area contributed by atoms with E-state index in [2.05, 4.69) is 4.98 Å². The van der Waals surface area contributed by atoms with Gasteiger partial charge in [-0.05, 0) is 18.2 Å². The number of pyridine rings is 1. The van der Waals surface area contributed by atoms with Gasteiger partial charge in [-0.1, -0.05) is 11.8 Å². The van der Waals surface area contributed by atoms with Crippen molar-refractivity contribution in [2.24, 2.45) is 0 Å². The van der Waals surface area contributed by atoms with Crippen molar-refractivity contribution >= 4 is 17.4 Å². The number of nitrogens with zero attached hydrogens (tertiary/aromatic N) is 2. The summed E-state index contributed by atoms with van der Waals surface area (Å²) >= 11 is 1.23. The Morgan fingerprint density at radius 2 is 2.12 bits per heavy atom. The smallest absolute Gasteiger partial charge is 0.264 e. The molecule has 0 amide bonds. The first-order valence-electron chi connectivity index (χ1n) is 4.68. The molecule has 0 atom stereocenters. The van der Waals surface area contributed by atoms with Gasteiger partial charge >= 0.3 is 0 Å². The van der Waals surface area contributed by atoms with E-state index in [9.17, 15) is 14.5 Å². The number of non-ortho nitro benzene ring substituents is 1. The minimum Gasteiger partial charge on any atom is -0.264 e. The second kappa shape index (κ2) is 4.92. The molecule has 0 aliphatic heterocycles. The van der Waals surface area contributed by atoms with Crippen LogP contribution in [0.1, 0.15) is 0 Å². The summed E-state index contributed by atoms with van der Waals surface area (Å²) in [6, 6.07) is 7.03. The first-order chi connectivity index (χ1) is 8.15. The molecule has 2 aromatic rings. The lowest BCUT2D eigenvalue weighted by Crippen LogP contribution is -1.89. The van der Waals surface area contributed by atoms with Crippen LogP contribution in [-0.2, 0) is 0 Å². The largest absolute Gasteiger partial charge is 0.273 e. The Morgan fingerprint density at radius 3 is 2.76 bits per heavy atom. The summed E-state index contributed by atoms with van der Waals surface area (Å²) in [6.45, 7) is 0. The lowest BCUT2D eigenvalue weighted by Gasteiger charge is -2.01. The third kappa shape index (κ3) is 3.01. The van der Waals surface area contributed by atoms with E-state index in [1.807, 2.05) is 0 Å². The number of halogens is 1. The Bertz CT molecular complexity index is 548. The molecule has 0 spiro atoms. The molecule has 0 aliphatic carbocycles. The van der Waals surface area contributed by atoms with Crippen molar-refractivity contribution in [1.82, 2.24) is 4.98 Å². The Morgan fingerprint density at radius 1 is 1.29 bits per heavy atom. The Labute approximate surface area is 101 Å². The molecular formula is C11H7FN2O2S. The molecule has 0 saturated heterocycles. The first-order valence-corrected chi connectivity index (χ1v) is 5.49. The summed E-state index contributed by atoms with van der Waals surface area (Å²) in [5, 5.41) is 10.6. The lowest BCUT2D eigenvalue weighted by molar-refractivity contribution is -0.385. The molecule has 6 heteroatoms. The number of hydrogen-bond acceptors (Lipinski definition) is 4. The zero-order chi connectivity index (χ0) is 12.3. The fourth-order valence-corrected chi connectivity index (χ4v) is 2.14. The zero-order valence-electron chi connectivity index (χ0n) is 8.54. The summed E-state index contributed by atoms with van der Waals surface area (Å²) in [5.74, 6) is -0.620. The monoisotopic (exact) mass is 250 g/mol. The van der Waals surface area contributed by atoms with Crippen molar-refractivity contribution < 1.29 is 9.31 Å². The number of hydrogen-bond donors (Lipinski definition) is 0. The maximum atomic E-state index is 13.2. The van der Waals surface area contributed by atoms with Gasteiger partial charge in [0, 0.05) is 28.3 Å². The van der Waals surface area contributed by atoms with E-state index in [4.69, 9.17) is 0 Å². The summed E-state index contributed by atoms with van der Waals surface area (Å²) in [5.41, 5.74) is -0.253. The Balaban J connectivity index is 2.30. The molecule has 1 aromatic heterocycles. The van der Waals surface area contributed by atoms with Gasteiger partial charge in [0.1, 0.15) is 5.82 Å². The molecule has 0 N–H and O–H groups in total. The fraction of sp³-hybridized carbons (Fsp3) is 0. The van der Waals surface area contributed by atoms with Crippen molar-refractivity contribution in [3.63, 3.8) is 0 Å². The predicted molar refractivity (Wildman–Crippen MR) is 61.4 cm³/mol. The van der Waals surface area contributed by atoms with Crippen molar-refractivity contribution in [2.75, 3.05) is 0 Å². The van der Waals surface area contributed by atoms with E-state index in [0.29, 0.717) is 4.90 Å². The van der Waals surface area contributed by atoms with Crippen LogP contribution in [0, 0.1) is 15.9 Å². The molecule has 1 aromatic carbocycles. The minimum absolute atomic E-state index is 0.253. The number of rotatable bonds is 3. The van der Waals surface area contributed by atoms with Crippen LogP contribution in [-0.4, -0.2) is 9.91 Å². The van der Waals surface area contributed by atoms with Crippen molar-refractivity contribution in [2.45, 2.75) is 9.79 Å². The van der Waals surface area contributed by atoms with Gasteiger partial charge in [-0.25, -0.2) is 4.39 Å². The minimum atomic E-state index is -0.620. The average Bonchev–Trinajstić information content (AvgIpc) is 2.29. The van der Waals surface area contributed by atoms with Crippen LogP contribution in [0.4, 0.5) is 10.1 Å². The maximum Gasteiger partial charge on any atom is 0.273 e. The van der Waals surface area contributed by atoms with Gasteiger partial charge in [0.25, 0.3) is 5.69 Å². The second-order valence-electron chi connectivity index (χ2n) is 3.19. The van der Waals surface area contributed by atoms with Crippen molar-refractivity contribution in [3.05, 3.63) is 58.7 Å². The molecule has 2 rings (SSSR count). The van der Waals surface area contributed by atoms with Gasteiger partial charge in [0.05, 0.1) is 11.0 Å². The summed E-state index contributed by atoms with van der Waals surface area (Å²) < 4.78 is 13.2. The maximum absolute atomic E-state index is 13.2. The zero-order valence-corrected chi connectivity index (χ0v) is 9.36. The quantitative estimate of drug-likeness (QED) is 0.619. The third-order valence-corrected chi connectivity index (χ3v) is 2.89. The van der Waals surface area contributed by atoms with E-state index in [1.165, 1.54) is 23.9 Å². The van der Waals surface area contributed by atoms with E-state index in [-0.39, 0.29) is 5.69 Å². The highest BCUT2D eigenvalue weighted by atomic mass is 32.2. The SMILES string of the molecule is O=[N+]([O-])c1cc(F)cc(Sc2cccnc2)c1. The standard InChI is InChI=1S/C11H7FN2O2S/c12-8-4-9(14(15)16)6-11(5-8)17-10-2-1-3-13-7-10/h1-7H. The molecule has 0 fully saturated rings.